The Labute approximate surface area is 121 Å². The number of sulfonamides is 1. The highest BCUT2D eigenvalue weighted by molar-refractivity contribution is 7.92. The zero-order valence-corrected chi connectivity index (χ0v) is 11.8. The van der Waals surface area contributed by atoms with Crippen LogP contribution in [0.1, 0.15) is 11.3 Å². The van der Waals surface area contributed by atoms with Crippen molar-refractivity contribution in [2.75, 3.05) is 11.3 Å². The summed E-state index contributed by atoms with van der Waals surface area (Å²) in [6, 6.07) is 3.80. The average molecular weight is 309 g/mol. The van der Waals surface area contributed by atoms with Gasteiger partial charge in [0, 0.05) is 5.56 Å². The molecule has 1 heterocycles. The van der Waals surface area contributed by atoms with E-state index in [1.54, 1.807) is 6.92 Å². The first-order chi connectivity index (χ1) is 9.94. The maximum atomic E-state index is 13.9. The lowest BCUT2D eigenvalue weighted by atomic mass is 10.2. The molecule has 8 heteroatoms. The van der Waals surface area contributed by atoms with Gasteiger partial charge in [-0.15, -0.1) is 0 Å². The molecule has 0 saturated carbocycles. The Balaban J connectivity index is 2.30. The zero-order valence-electron chi connectivity index (χ0n) is 11.0. The van der Waals surface area contributed by atoms with E-state index >= 15 is 0 Å². The largest absolute Gasteiger partial charge is 0.384 e. The Morgan fingerprint density at radius 2 is 2.24 bits per heavy atom. The summed E-state index contributed by atoms with van der Waals surface area (Å²) in [5.74, 6) is 4.15. The lowest BCUT2D eigenvalue weighted by molar-refractivity contribution is 0.350. The van der Waals surface area contributed by atoms with Gasteiger partial charge in [0.2, 0.25) is 0 Å². The number of hydrogen-bond donors (Lipinski definition) is 3. The highest BCUT2D eigenvalue weighted by atomic mass is 32.2. The zero-order chi connectivity index (χ0) is 15.5. The summed E-state index contributed by atoms with van der Waals surface area (Å²) in [6.07, 6.45) is 1.15. The molecule has 2 aromatic rings. The van der Waals surface area contributed by atoms with Crippen LogP contribution >= 0.6 is 0 Å². The number of nitrogens with one attached hydrogen (secondary N) is 2. The summed E-state index contributed by atoms with van der Waals surface area (Å²) in [5, 5.41) is 14.7. The van der Waals surface area contributed by atoms with Gasteiger partial charge in [-0.25, -0.2) is 12.8 Å². The van der Waals surface area contributed by atoms with Crippen LogP contribution in [0.2, 0.25) is 0 Å². The van der Waals surface area contributed by atoms with Gasteiger partial charge in [-0.2, -0.15) is 5.10 Å². The van der Waals surface area contributed by atoms with E-state index in [1.165, 1.54) is 12.1 Å². The van der Waals surface area contributed by atoms with Crippen LogP contribution in [0.25, 0.3) is 0 Å². The van der Waals surface area contributed by atoms with Gasteiger partial charge in [-0.1, -0.05) is 11.8 Å². The minimum absolute atomic E-state index is 0.0500. The van der Waals surface area contributed by atoms with E-state index in [4.69, 9.17) is 5.11 Å². The molecule has 0 bridgehead atoms. The summed E-state index contributed by atoms with van der Waals surface area (Å²) in [5.41, 5.74) is 0.502. The molecule has 0 aliphatic carbocycles. The van der Waals surface area contributed by atoms with E-state index in [-0.39, 0.29) is 17.2 Å². The number of aliphatic hydroxyl groups excluding tert-OH is 1. The molecular formula is C13H12FN3O3S. The van der Waals surface area contributed by atoms with E-state index in [1.807, 2.05) is 0 Å². The fraction of sp³-hybridized carbons (Fsp3) is 0.154. The second-order valence-electron chi connectivity index (χ2n) is 4.12. The molecule has 0 aliphatic rings. The van der Waals surface area contributed by atoms with E-state index in [0.29, 0.717) is 11.3 Å². The van der Waals surface area contributed by atoms with Gasteiger partial charge < -0.3 is 5.11 Å². The molecule has 0 amide bonds. The van der Waals surface area contributed by atoms with Crippen molar-refractivity contribution in [1.82, 2.24) is 10.2 Å². The van der Waals surface area contributed by atoms with Gasteiger partial charge >= 0.3 is 0 Å². The molecule has 1 aromatic carbocycles. The minimum Gasteiger partial charge on any atom is -0.384 e. The number of halogens is 1. The number of nitrogens with zero attached hydrogens (tertiary/aromatic N) is 1. The Morgan fingerprint density at radius 3 is 2.81 bits per heavy atom. The molecule has 0 fully saturated rings. The van der Waals surface area contributed by atoms with Crippen LogP contribution in [0.5, 0.6) is 0 Å². The number of benzene rings is 1. The van der Waals surface area contributed by atoms with E-state index < -0.39 is 15.8 Å². The number of hydrogen-bond acceptors (Lipinski definition) is 4. The summed E-state index contributed by atoms with van der Waals surface area (Å²) >= 11 is 0. The fourth-order valence-corrected chi connectivity index (χ4v) is 2.83. The van der Waals surface area contributed by atoms with Crippen molar-refractivity contribution < 1.29 is 17.9 Å². The van der Waals surface area contributed by atoms with Crippen molar-refractivity contribution in [3.8, 4) is 11.8 Å². The van der Waals surface area contributed by atoms with Crippen molar-refractivity contribution >= 4 is 15.7 Å². The Kier molecular flexibility index (Phi) is 4.26. The topological polar surface area (TPSA) is 95.1 Å². The molecule has 2 rings (SSSR count). The first kappa shape index (κ1) is 15.0. The normalized spacial score (nSPS) is 10.8. The van der Waals surface area contributed by atoms with Crippen LogP contribution < -0.4 is 4.72 Å². The summed E-state index contributed by atoms with van der Waals surface area (Å²) < 4.78 is 40.2. The van der Waals surface area contributed by atoms with Crippen molar-refractivity contribution in [1.29, 1.82) is 0 Å². The fourth-order valence-electron chi connectivity index (χ4n) is 1.63. The molecule has 21 heavy (non-hydrogen) atoms. The van der Waals surface area contributed by atoms with Gasteiger partial charge in [-0.3, -0.25) is 9.82 Å². The van der Waals surface area contributed by atoms with Gasteiger partial charge in [0.05, 0.1) is 17.6 Å². The number of aryl methyl sites for hydroxylation is 1. The third-order valence-electron chi connectivity index (χ3n) is 2.60. The summed E-state index contributed by atoms with van der Waals surface area (Å²) in [7, 11) is -3.91. The van der Waals surface area contributed by atoms with Crippen LogP contribution in [-0.2, 0) is 10.0 Å². The number of anilines is 1. The standard InChI is InChI=1S/C13H12FN3O3S/c1-9-13(8-15-16-9)21(19,20)17-12-5-4-10(3-2-6-18)7-11(12)14/h4-5,7-8,17-18H,6H2,1H3,(H,15,16). The van der Waals surface area contributed by atoms with Crippen molar-refractivity contribution in [2.24, 2.45) is 0 Å². The maximum Gasteiger partial charge on any atom is 0.265 e. The van der Waals surface area contributed by atoms with Crippen LogP contribution in [0.3, 0.4) is 0 Å². The first-order valence-corrected chi connectivity index (χ1v) is 7.34. The Bertz CT molecular complexity index is 819. The second kappa shape index (κ2) is 5.95. The highest BCUT2D eigenvalue weighted by Gasteiger charge is 2.20. The Hall–Kier alpha value is -2.37. The lowest BCUT2D eigenvalue weighted by Gasteiger charge is -2.08. The average Bonchev–Trinajstić information content (AvgIpc) is 2.86. The smallest absolute Gasteiger partial charge is 0.265 e. The van der Waals surface area contributed by atoms with Crippen LogP contribution in [0.15, 0.2) is 29.3 Å². The minimum atomic E-state index is -3.91. The third-order valence-corrected chi connectivity index (χ3v) is 4.08. The third kappa shape index (κ3) is 3.39. The summed E-state index contributed by atoms with van der Waals surface area (Å²) in [6.45, 7) is 1.21. The van der Waals surface area contributed by atoms with Crippen molar-refractivity contribution in [3.05, 3.63) is 41.5 Å². The first-order valence-electron chi connectivity index (χ1n) is 5.86. The van der Waals surface area contributed by atoms with Crippen LogP contribution in [0, 0.1) is 24.6 Å². The molecule has 6 nitrogen and oxygen atoms in total. The van der Waals surface area contributed by atoms with Crippen molar-refractivity contribution in [2.45, 2.75) is 11.8 Å². The van der Waals surface area contributed by atoms with Crippen molar-refractivity contribution in [3.63, 3.8) is 0 Å². The SMILES string of the molecule is Cc1[nH]ncc1S(=O)(=O)Nc1ccc(C#CCO)cc1F. The van der Waals surface area contributed by atoms with E-state index in [0.717, 1.165) is 12.3 Å². The quantitative estimate of drug-likeness (QED) is 0.737. The molecule has 0 radical (unpaired) electrons. The van der Waals surface area contributed by atoms with Crippen LogP contribution in [-0.4, -0.2) is 30.3 Å². The number of aromatic amines is 1. The highest BCUT2D eigenvalue weighted by Crippen LogP contribution is 2.21. The maximum absolute atomic E-state index is 13.9. The molecule has 0 unspecified atom stereocenters. The lowest BCUT2D eigenvalue weighted by Crippen LogP contribution is -2.14. The van der Waals surface area contributed by atoms with Gasteiger partial charge in [0.15, 0.2) is 0 Å². The van der Waals surface area contributed by atoms with Gasteiger partial charge in [-0.05, 0) is 25.1 Å². The monoisotopic (exact) mass is 309 g/mol. The van der Waals surface area contributed by atoms with Gasteiger partial charge in [0.1, 0.15) is 17.3 Å². The number of H-pyrrole nitrogens is 1. The predicted molar refractivity (Wildman–Crippen MR) is 74.5 cm³/mol. The molecule has 110 valence electrons. The Morgan fingerprint density at radius 1 is 1.48 bits per heavy atom. The number of aromatic nitrogens is 2. The molecule has 0 saturated heterocycles. The molecule has 0 atom stereocenters. The molecule has 1 aromatic heterocycles. The second-order valence-corrected chi connectivity index (χ2v) is 5.77. The van der Waals surface area contributed by atoms with Gasteiger partial charge in [0.25, 0.3) is 10.0 Å². The molecule has 0 spiro atoms. The molecule has 3 N–H and O–H groups in total. The van der Waals surface area contributed by atoms with Crippen LogP contribution in [0.4, 0.5) is 10.1 Å². The summed E-state index contributed by atoms with van der Waals surface area (Å²) in [4.78, 5) is -0.0500. The van der Waals surface area contributed by atoms with E-state index in [2.05, 4.69) is 26.8 Å². The van der Waals surface area contributed by atoms with E-state index in [9.17, 15) is 12.8 Å². The molecular weight excluding hydrogens is 297 g/mol. The number of rotatable bonds is 3. The molecule has 0 aliphatic heterocycles. The number of aliphatic hydroxyl groups is 1. The predicted octanol–water partition coefficient (Wildman–Crippen LogP) is 1.00.